The summed E-state index contributed by atoms with van der Waals surface area (Å²) in [6.07, 6.45) is 9.13. The highest BCUT2D eigenvalue weighted by Crippen LogP contribution is 2.50. The third kappa shape index (κ3) is 4.92. The van der Waals surface area contributed by atoms with E-state index in [2.05, 4.69) is 5.32 Å². The molecule has 0 bridgehead atoms. The Hall–Kier alpha value is -2.81. The number of aliphatic hydroxyl groups excluding tert-OH is 1. The average Bonchev–Trinajstić information content (AvgIpc) is 3.44. The Morgan fingerprint density at radius 3 is 2.45 bits per heavy atom. The van der Waals surface area contributed by atoms with E-state index in [4.69, 9.17) is 14.6 Å². The molecule has 2 aliphatic rings. The molecule has 8 nitrogen and oxygen atoms in total. The Kier molecular flexibility index (Phi) is 7.54. The van der Waals surface area contributed by atoms with Crippen LogP contribution in [-0.2, 0) is 23.9 Å². The summed E-state index contributed by atoms with van der Waals surface area (Å²) in [5.74, 6) is -1.64. The van der Waals surface area contributed by atoms with Crippen LogP contribution in [0.25, 0.3) is 0 Å². The predicted octanol–water partition coefficient (Wildman–Crippen LogP) is 1.41. The van der Waals surface area contributed by atoms with Gasteiger partial charge in [0.25, 0.3) is 5.91 Å². The lowest BCUT2D eigenvalue weighted by Gasteiger charge is -2.22. The third-order valence-electron chi connectivity index (χ3n) is 5.18. The molecule has 0 aliphatic carbocycles. The second-order valence-corrected chi connectivity index (χ2v) is 7.64. The van der Waals surface area contributed by atoms with Gasteiger partial charge in [0.15, 0.2) is 11.8 Å². The van der Waals surface area contributed by atoms with E-state index >= 15 is 0 Å². The summed E-state index contributed by atoms with van der Waals surface area (Å²) in [4.78, 5) is 36.7. The van der Waals surface area contributed by atoms with Crippen molar-refractivity contribution in [2.75, 3.05) is 13.7 Å². The molecule has 0 unspecified atom stereocenters. The van der Waals surface area contributed by atoms with Crippen LogP contribution in [0.15, 0.2) is 58.7 Å². The molecule has 0 radical (unpaired) electrons. The second-order valence-electron chi connectivity index (χ2n) is 7.64. The van der Waals surface area contributed by atoms with Gasteiger partial charge in [-0.25, -0.2) is 4.79 Å². The molecule has 0 aromatic heterocycles. The maximum Gasteiger partial charge on any atom is 0.337 e. The number of fused-ring (bicyclic) bond motifs is 1. The summed E-state index contributed by atoms with van der Waals surface area (Å²) in [5, 5.41) is 21.8. The van der Waals surface area contributed by atoms with Crippen molar-refractivity contribution in [3.05, 3.63) is 58.7 Å². The van der Waals surface area contributed by atoms with Crippen molar-refractivity contribution >= 4 is 17.7 Å². The zero-order valence-electron chi connectivity index (χ0n) is 18.4. The quantitative estimate of drug-likeness (QED) is 0.166. The van der Waals surface area contributed by atoms with Crippen molar-refractivity contribution in [1.82, 2.24) is 5.32 Å². The zero-order valence-corrected chi connectivity index (χ0v) is 18.4. The number of Topliss-reactive ketones (excluding diaryl/α,β-unsaturated/α-hetero) is 1. The van der Waals surface area contributed by atoms with Crippen molar-refractivity contribution in [1.29, 1.82) is 0 Å². The average molecular weight is 431 g/mol. The van der Waals surface area contributed by atoms with Crippen LogP contribution in [0.4, 0.5) is 0 Å². The molecular weight excluding hydrogens is 402 g/mol. The third-order valence-corrected chi connectivity index (χ3v) is 5.18. The first-order valence-corrected chi connectivity index (χ1v) is 9.90. The highest BCUT2D eigenvalue weighted by Gasteiger charge is 2.80. The Labute approximate surface area is 181 Å². The van der Waals surface area contributed by atoms with Gasteiger partial charge in [0, 0.05) is 13.0 Å². The van der Waals surface area contributed by atoms with Gasteiger partial charge in [-0.15, -0.1) is 0 Å². The lowest BCUT2D eigenvalue weighted by atomic mass is 9.92. The van der Waals surface area contributed by atoms with Crippen molar-refractivity contribution in [2.24, 2.45) is 0 Å². The molecule has 31 heavy (non-hydrogen) atoms. The number of ketones is 1. The second kappa shape index (κ2) is 9.55. The van der Waals surface area contributed by atoms with Crippen LogP contribution in [-0.4, -0.2) is 59.0 Å². The van der Waals surface area contributed by atoms with Crippen LogP contribution < -0.4 is 5.32 Å². The van der Waals surface area contributed by atoms with E-state index in [0.29, 0.717) is 11.1 Å². The molecule has 0 saturated carbocycles. The molecule has 3 atom stereocenters. The summed E-state index contributed by atoms with van der Waals surface area (Å²) < 4.78 is 10.0. The van der Waals surface area contributed by atoms with Gasteiger partial charge < -0.3 is 25.0 Å². The van der Waals surface area contributed by atoms with Crippen molar-refractivity contribution in [3.63, 3.8) is 0 Å². The number of allylic oxidation sites excluding steroid dienone is 7. The van der Waals surface area contributed by atoms with Gasteiger partial charge in [-0.1, -0.05) is 41.5 Å². The first-order chi connectivity index (χ1) is 14.5. The van der Waals surface area contributed by atoms with Crippen LogP contribution in [0.5, 0.6) is 0 Å². The van der Waals surface area contributed by atoms with E-state index in [1.807, 2.05) is 19.9 Å². The molecule has 2 rings (SSSR count). The Balaban J connectivity index is 2.08. The molecule has 3 N–H and O–H groups in total. The van der Waals surface area contributed by atoms with Crippen LogP contribution in [0.2, 0.25) is 0 Å². The number of hydrogen-bond acceptors (Lipinski definition) is 7. The first-order valence-electron chi connectivity index (χ1n) is 9.90. The van der Waals surface area contributed by atoms with E-state index in [9.17, 15) is 19.5 Å². The molecule has 2 fully saturated rings. The zero-order chi connectivity index (χ0) is 23.4. The van der Waals surface area contributed by atoms with Gasteiger partial charge in [-0.05, 0) is 39.3 Å². The van der Waals surface area contributed by atoms with E-state index in [1.165, 1.54) is 7.11 Å². The van der Waals surface area contributed by atoms with Crippen LogP contribution >= 0.6 is 0 Å². The maximum absolute atomic E-state index is 12.8. The lowest BCUT2D eigenvalue weighted by Crippen LogP contribution is -2.48. The first kappa shape index (κ1) is 24.5. The minimum atomic E-state index is -1.74. The minimum Gasteiger partial charge on any atom is -0.465 e. The Morgan fingerprint density at radius 2 is 1.90 bits per heavy atom. The highest BCUT2D eigenvalue weighted by molar-refractivity contribution is 6.21. The van der Waals surface area contributed by atoms with Crippen molar-refractivity contribution < 1.29 is 34.1 Å². The van der Waals surface area contributed by atoms with E-state index in [0.717, 1.165) is 11.1 Å². The number of rotatable bonds is 9. The molecular formula is C23H29NO7. The summed E-state index contributed by atoms with van der Waals surface area (Å²) in [7, 11) is 1.33. The number of esters is 1. The summed E-state index contributed by atoms with van der Waals surface area (Å²) in [6, 6.07) is 0. The SMILES string of the molecule is C\C=C(/C=C(C)/C=C(C)\C=C\C=C(/C)C(=O)[C@]12O[C@H]1[C@@](O)(CCO)NC2=O)C(=O)OC. The number of methoxy groups -OCH3 is 1. The topological polar surface area (TPSA) is 125 Å². The molecule has 0 spiro atoms. The van der Waals surface area contributed by atoms with Gasteiger partial charge >= 0.3 is 5.97 Å². The Bertz CT molecular complexity index is 924. The van der Waals surface area contributed by atoms with Crippen LogP contribution in [0.3, 0.4) is 0 Å². The van der Waals surface area contributed by atoms with Crippen LogP contribution in [0.1, 0.15) is 34.1 Å². The molecule has 2 heterocycles. The standard InChI is InChI=1S/C23H29NO7/c1-6-17(19(27)30-5)13-15(3)12-14(2)8-7-9-16(4)18(26)23-20(31-23)22(29,10-11-25)24-21(23)28/h6-9,12-13,20,25,29H,10-11H2,1-5H3,(H,24,28)/b8-7+,14-12-,15-13+,16-9+,17-6+/t20-,22-,23-/m0/s1. The van der Waals surface area contributed by atoms with Gasteiger partial charge in [0.1, 0.15) is 0 Å². The molecule has 1 amide bonds. The monoisotopic (exact) mass is 431 g/mol. The number of amides is 1. The fraction of sp³-hybridized carbons (Fsp3) is 0.435. The number of nitrogens with one attached hydrogen (secondary N) is 1. The molecule has 0 aromatic rings. The number of morpholine rings is 1. The smallest absolute Gasteiger partial charge is 0.337 e. The summed E-state index contributed by atoms with van der Waals surface area (Å²) >= 11 is 0. The van der Waals surface area contributed by atoms with Gasteiger partial charge in [-0.3, -0.25) is 9.59 Å². The van der Waals surface area contributed by atoms with E-state index in [1.54, 1.807) is 44.2 Å². The number of ether oxygens (including phenoxy) is 2. The number of carbonyl (C=O) groups excluding carboxylic acids is 3. The largest absolute Gasteiger partial charge is 0.465 e. The number of aliphatic hydroxyl groups is 2. The van der Waals surface area contributed by atoms with E-state index in [-0.39, 0.29) is 13.0 Å². The van der Waals surface area contributed by atoms with Gasteiger partial charge in [0.2, 0.25) is 11.4 Å². The summed E-state index contributed by atoms with van der Waals surface area (Å²) in [5.41, 5.74) is -1.000. The highest BCUT2D eigenvalue weighted by atomic mass is 16.6. The molecule has 2 saturated heterocycles. The van der Waals surface area contributed by atoms with Crippen molar-refractivity contribution in [3.8, 4) is 0 Å². The molecule has 2 aliphatic heterocycles. The van der Waals surface area contributed by atoms with Gasteiger partial charge in [0.05, 0.1) is 12.7 Å². The maximum atomic E-state index is 12.8. The van der Waals surface area contributed by atoms with Gasteiger partial charge in [-0.2, -0.15) is 0 Å². The molecule has 8 heteroatoms. The number of epoxide rings is 1. The Morgan fingerprint density at radius 1 is 1.23 bits per heavy atom. The summed E-state index contributed by atoms with van der Waals surface area (Å²) in [6.45, 7) is 6.68. The fourth-order valence-corrected chi connectivity index (χ4v) is 3.54. The number of hydrogen-bond donors (Lipinski definition) is 3. The number of carbonyl (C=O) groups is 3. The molecule has 0 aromatic carbocycles. The predicted molar refractivity (Wildman–Crippen MR) is 114 cm³/mol. The normalized spacial score (nSPS) is 29.1. The lowest BCUT2D eigenvalue weighted by molar-refractivity contribution is -0.138. The fourth-order valence-electron chi connectivity index (χ4n) is 3.54. The molecule has 168 valence electrons. The van der Waals surface area contributed by atoms with Crippen molar-refractivity contribution in [2.45, 2.75) is 51.5 Å². The minimum absolute atomic E-state index is 0.122. The van der Waals surface area contributed by atoms with E-state index < -0.39 is 35.1 Å². The van der Waals surface area contributed by atoms with Crippen LogP contribution in [0, 0.1) is 0 Å².